The number of aromatic nitrogens is 1. The van der Waals surface area contributed by atoms with Gasteiger partial charge in [0.15, 0.2) is 5.58 Å². The fourth-order valence-corrected chi connectivity index (χ4v) is 3.21. The minimum Gasteiger partial charge on any atom is -0.455 e. The van der Waals surface area contributed by atoms with E-state index in [4.69, 9.17) is 4.42 Å². The van der Waals surface area contributed by atoms with E-state index in [1.54, 1.807) is 0 Å². The lowest BCUT2D eigenvalue weighted by atomic mass is 9.89. The Bertz CT molecular complexity index is 581. The van der Waals surface area contributed by atoms with E-state index in [2.05, 4.69) is 22.4 Å². The largest absolute Gasteiger partial charge is 0.455 e. The first-order chi connectivity index (χ1) is 8.90. The summed E-state index contributed by atoms with van der Waals surface area (Å²) in [4.78, 5) is 4.33. The molecule has 2 aromatic rings. The third kappa shape index (κ3) is 1.58. The van der Waals surface area contributed by atoms with Crippen molar-refractivity contribution in [3.8, 4) is 0 Å². The van der Waals surface area contributed by atoms with Gasteiger partial charge in [0.05, 0.1) is 0 Å². The lowest BCUT2D eigenvalue weighted by Gasteiger charge is -2.25. The van der Waals surface area contributed by atoms with Crippen molar-refractivity contribution in [3.05, 3.63) is 36.2 Å². The van der Waals surface area contributed by atoms with Crippen LogP contribution in [-0.2, 0) is 0 Å². The van der Waals surface area contributed by atoms with Crippen molar-refractivity contribution in [2.24, 2.45) is 11.8 Å². The Balaban J connectivity index is 1.70. The van der Waals surface area contributed by atoms with Crippen LogP contribution in [0.1, 0.15) is 18.6 Å². The molecule has 0 unspecified atom stereocenters. The summed E-state index contributed by atoms with van der Waals surface area (Å²) in [5.41, 5.74) is 3.22. The van der Waals surface area contributed by atoms with Crippen LogP contribution in [0.25, 0.3) is 16.7 Å². The second kappa shape index (κ2) is 3.95. The van der Waals surface area contributed by atoms with Crippen LogP contribution in [0.5, 0.6) is 0 Å². The van der Waals surface area contributed by atoms with Gasteiger partial charge in [-0.3, -0.25) is 4.98 Å². The summed E-state index contributed by atoms with van der Waals surface area (Å²) in [7, 11) is 0. The van der Waals surface area contributed by atoms with Gasteiger partial charge in [0.1, 0.15) is 11.3 Å². The molecule has 18 heavy (non-hydrogen) atoms. The smallest absolute Gasteiger partial charge is 0.153 e. The molecule has 4 rings (SSSR count). The summed E-state index contributed by atoms with van der Waals surface area (Å²) < 4.78 is 5.91. The Labute approximate surface area is 106 Å². The topological polar surface area (TPSA) is 38.1 Å². The molecule has 0 spiro atoms. The van der Waals surface area contributed by atoms with Crippen molar-refractivity contribution >= 4 is 16.7 Å². The fraction of sp³-hybridized carbons (Fsp3) is 0.400. The molecular weight excluding hydrogens is 224 g/mol. The summed E-state index contributed by atoms with van der Waals surface area (Å²) in [5.74, 6) is 2.51. The van der Waals surface area contributed by atoms with Gasteiger partial charge in [0, 0.05) is 12.3 Å². The number of allylic oxidation sites excluding steroid dienone is 2. The van der Waals surface area contributed by atoms with Gasteiger partial charge in [-0.15, -0.1) is 0 Å². The van der Waals surface area contributed by atoms with Gasteiger partial charge in [-0.05, 0) is 55.5 Å². The normalized spacial score (nSPS) is 27.2. The zero-order valence-electron chi connectivity index (χ0n) is 10.2. The highest BCUT2D eigenvalue weighted by molar-refractivity contribution is 5.78. The van der Waals surface area contributed by atoms with Gasteiger partial charge in [0.2, 0.25) is 0 Å². The van der Waals surface area contributed by atoms with Gasteiger partial charge < -0.3 is 9.73 Å². The standard InChI is InChI=1S/C15H16N2O/c1-2-14-13(17-4-1)8-15(18-14)11-6-10-3-5-16-9-12(10)7-11/h1-2,4,6,8,10,12,16H,3,5,7,9H2/t10-,12-/m0/s1. The molecule has 3 nitrogen and oxygen atoms in total. The molecule has 1 fully saturated rings. The number of hydrogen-bond donors (Lipinski definition) is 1. The number of piperidine rings is 1. The van der Waals surface area contributed by atoms with Crippen molar-refractivity contribution in [1.82, 2.24) is 10.3 Å². The van der Waals surface area contributed by atoms with E-state index in [1.165, 1.54) is 12.0 Å². The van der Waals surface area contributed by atoms with E-state index >= 15 is 0 Å². The Morgan fingerprint density at radius 2 is 2.39 bits per heavy atom. The number of nitrogens with one attached hydrogen (secondary N) is 1. The van der Waals surface area contributed by atoms with E-state index < -0.39 is 0 Å². The number of nitrogens with zero attached hydrogens (tertiary/aromatic N) is 1. The second-order valence-corrected chi connectivity index (χ2v) is 5.31. The fourth-order valence-electron chi connectivity index (χ4n) is 3.21. The second-order valence-electron chi connectivity index (χ2n) is 5.31. The van der Waals surface area contributed by atoms with E-state index in [1.807, 2.05) is 18.3 Å². The minimum atomic E-state index is 0.738. The van der Waals surface area contributed by atoms with Gasteiger partial charge in [-0.2, -0.15) is 0 Å². The van der Waals surface area contributed by atoms with Crippen LogP contribution in [-0.4, -0.2) is 18.1 Å². The van der Waals surface area contributed by atoms with Crippen LogP contribution in [0.2, 0.25) is 0 Å². The van der Waals surface area contributed by atoms with Crippen LogP contribution in [0.15, 0.2) is 34.9 Å². The molecule has 0 aromatic carbocycles. The van der Waals surface area contributed by atoms with Gasteiger partial charge >= 0.3 is 0 Å². The van der Waals surface area contributed by atoms with E-state index in [-0.39, 0.29) is 0 Å². The van der Waals surface area contributed by atoms with Crippen LogP contribution >= 0.6 is 0 Å². The van der Waals surface area contributed by atoms with Gasteiger partial charge in [0.25, 0.3) is 0 Å². The summed E-state index contributed by atoms with van der Waals surface area (Å²) in [6, 6.07) is 5.98. The molecule has 0 bridgehead atoms. The molecule has 3 heteroatoms. The predicted molar refractivity (Wildman–Crippen MR) is 71.1 cm³/mol. The Morgan fingerprint density at radius 3 is 3.28 bits per heavy atom. The first-order valence-corrected chi connectivity index (χ1v) is 6.66. The van der Waals surface area contributed by atoms with E-state index in [0.29, 0.717) is 0 Å². The molecule has 2 aromatic heterocycles. The van der Waals surface area contributed by atoms with Crippen molar-refractivity contribution < 1.29 is 4.42 Å². The highest BCUT2D eigenvalue weighted by atomic mass is 16.3. The highest BCUT2D eigenvalue weighted by Gasteiger charge is 2.31. The molecule has 3 heterocycles. The first-order valence-electron chi connectivity index (χ1n) is 6.66. The first kappa shape index (κ1) is 10.3. The molecule has 1 aliphatic heterocycles. The maximum atomic E-state index is 5.91. The van der Waals surface area contributed by atoms with Crippen molar-refractivity contribution in [3.63, 3.8) is 0 Å². The predicted octanol–water partition coefficient (Wildman–Crippen LogP) is 2.84. The molecule has 1 saturated heterocycles. The molecule has 92 valence electrons. The molecule has 2 atom stereocenters. The zero-order valence-corrected chi connectivity index (χ0v) is 10.2. The maximum Gasteiger partial charge on any atom is 0.153 e. The number of hydrogen-bond acceptors (Lipinski definition) is 3. The van der Waals surface area contributed by atoms with Crippen molar-refractivity contribution in [2.75, 3.05) is 13.1 Å². The summed E-state index contributed by atoms with van der Waals surface area (Å²) in [5, 5.41) is 3.48. The Hall–Kier alpha value is -1.61. The Kier molecular flexibility index (Phi) is 2.27. The molecular formula is C15H16N2O. The average Bonchev–Trinajstić information content (AvgIpc) is 3.02. The quantitative estimate of drug-likeness (QED) is 0.833. The number of rotatable bonds is 1. The monoisotopic (exact) mass is 240 g/mol. The van der Waals surface area contributed by atoms with Crippen molar-refractivity contribution in [1.29, 1.82) is 0 Å². The minimum absolute atomic E-state index is 0.738. The van der Waals surface area contributed by atoms with Crippen LogP contribution < -0.4 is 5.32 Å². The maximum absolute atomic E-state index is 5.91. The molecule has 2 aliphatic rings. The van der Waals surface area contributed by atoms with Crippen LogP contribution in [0.4, 0.5) is 0 Å². The number of furan rings is 1. The third-order valence-corrected chi connectivity index (χ3v) is 4.17. The van der Waals surface area contributed by atoms with Gasteiger partial charge in [-0.1, -0.05) is 6.08 Å². The van der Waals surface area contributed by atoms with Crippen LogP contribution in [0.3, 0.4) is 0 Å². The average molecular weight is 240 g/mol. The lowest BCUT2D eigenvalue weighted by Crippen LogP contribution is -2.33. The molecule has 0 saturated carbocycles. The lowest BCUT2D eigenvalue weighted by molar-refractivity contribution is 0.324. The molecule has 0 amide bonds. The van der Waals surface area contributed by atoms with Gasteiger partial charge in [-0.25, -0.2) is 0 Å². The highest BCUT2D eigenvalue weighted by Crippen LogP contribution is 2.40. The molecule has 1 aliphatic carbocycles. The summed E-state index contributed by atoms with van der Waals surface area (Å²) >= 11 is 0. The summed E-state index contributed by atoms with van der Waals surface area (Å²) in [6.45, 7) is 2.29. The van der Waals surface area contributed by atoms with E-state index in [0.717, 1.165) is 48.2 Å². The third-order valence-electron chi connectivity index (χ3n) is 4.17. The number of pyridine rings is 1. The summed E-state index contributed by atoms with van der Waals surface area (Å²) in [6.07, 6.45) is 6.63. The Morgan fingerprint density at radius 1 is 1.39 bits per heavy atom. The van der Waals surface area contributed by atoms with E-state index in [9.17, 15) is 0 Å². The number of fused-ring (bicyclic) bond motifs is 2. The molecule has 1 N–H and O–H groups in total. The SMILES string of the molecule is C1=C(c2cc3ncccc3o2)C[C@H]2CNCC[C@@H]12. The van der Waals surface area contributed by atoms with Crippen LogP contribution in [0, 0.1) is 11.8 Å². The molecule has 0 radical (unpaired) electrons. The van der Waals surface area contributed by atoms with Crippen molar-refractivity contribution in [2.45, 2.75) is 12.8 Å². The zero-order chi connectivity index (χ0) is 11.9.